The lowest BCUT2D eigenvalue weighted by Crippen LogP contribution is -2.18. The van der Waals surface area contributed by atoms with E-state index in [-0.39, 0.29) is 4.90 Å². The highest BCUT2D eigenvalue weighted by Crippen LogP contribution is 2.21. The summed E-state index contributed by atoms with van der Waals surface area (Å²) in [5.74, 6) is -0.670. The van der Waals surface area contributed by atoms with E-state index in [1.165, 1.54) is 6.21 Å². The van der Waals surface area contributed by atoms with Crippen LogP contribution in [0.25, 0.3) is 10.8 Å². The van der Waals surface area contributed by atoms with Crippen LogP contribution in [-0.4, -0.2) is 20.6 Å². The predicted octanol–water partition coefficient (Wildman–Crippen LogP) is 4.51. The number of ether oxygens (including phenoxy) is 1. The molecule has 160 valence electrons. The second kappa shape index (κ2) is 8.99. The van der Waals surface area contributed by atoms with Gasteiger partial charge in [-0.05, 0) is 70.9 Å². The van der Waals surface area contributed by atoms with Gasteiger partial charge in [0.15, 0.2) is 0 Å². The van der Waals surface area contributed by atoms with Gasteiger partial charge in [-0.2, -0.15) is 13.5 Å². The zero-order valence-electron chi connectivity index (χ0n) is 16.6. The van der Waals surface area contributed by atoms with Crippen molar-refractivity contribution in [3.8, 4) is 5.75 Å². The average molecular weight is 448 g/mol. The van der Waals surface area contributed by atoms with E-state index in [0.717, 1.165) is 35.0 Å². The van der Waals surface area contributed by atoms with E-state index in [9.17, 15) is 17.6 Å². The third-order valence-corrected chi connectivity index (χ3v) is 5.85. The molecule has 0 unspecified atom stereocenters. The van der Waals surface area contributed by atoms with Gasteiger partial charge in [0.1, 0.15) is 11.6 Å². The van der Waals surface area contributed by atoms with E-state index in [1.54, 1.807) is 36.4 Å². The van der Waals surface area contributed by atoms with E-state index < -0.39 is 21.8 Å². The quantitative estimate of drug-likeness (QED) is 0.204. The Morgan fingerprint density at radius 1 is 0.875 bits per heavy atom. The Labute approximate surface area is 184 Å². The molecule has 4 aromatic rings. The zero-order valence-corrected chi connectivity index (χ0v) is 17.4. The highest BCUT2D eigenvalue weighted by Gasteiger charge is 2.13. The summed E-state index contributed by atoms with van der Waals surface area (Å²) in [6.45, 7) is 0. The molecule has 0 atom stereocenters. The molecule has 1 N–H and O–H groups in total. The normalized spacial score (nSPS) is 11.5. The van der Waals surface area contributed by atoms with Crippen molar-refractivity contribution in [1.82, 2.24) is 4.83 Å². The third-order valence-electron chi connectivity index (χ3n) is 4.61. The predicted molar refractivity (Wildman–Crippen MR) is 120 cm³/mol. The number of nitrogens with zero attached hydrogens (tertiary/aromatic N) is 1. The van der Waals surface area contributed by atoms with Crippen molar-refractivity contribution in [1.29, 1.82) is 0 Å². The third kappa shape index (κ3) is 4.81. The number of rotatable bonds is 6. The van der Waals surface area contributed by atoms with E-state index in [4.69, 9.17) is 4.74 Å². The number of esters is 1. The van der Waals surface area contributed by atoms with Crippen molar-refractivity contribution >= 4 is 33.0 Å². The summed E-state index contributed by atoms with van der Waals surface area (Å²) in [5.41, 5.74) is 1.04. The summed E-state index contributed by atoms with van der Waals surface area (Å²) in [7, 11) is -3.90. The fraction of sp³-hybridized carbons (Fsp3) is 0. The van der Waals surface area contributed by atoms with E-state index in [1.807, 2.05) is 30.3 Å². The molecule has 8 heteroatoms. The minimum atomic E-state index is -3.90. The van der Waals surface area contributed by atoms with Gasteiger partial charge in [0.2, 0.25) is 0 Å². The Bertz CT molecular complexity index is 1400. The summed E-state index contributed by atoms with van der Waals surface area (Å²) in [4.78, 5) is 14.6. The lowest BCUT2D eigenvalue weighted by molar-refractivity contribution is 0.0737. The Kier molecular flexibility index (Phi) is 5.96. The first-order valence-corrected chi connectivity index (χ1v) is 11.0. The summed E-state index contributed by atoms with van der Waals surface area (Å²) >= 11 is 0. The highest BCUT2D eigenvalue weighted by atomic mass is 32.2. The lowest BCUT2D eigenvalue weighted by Gasteiger charge is -2.07. The van der Waals surface area contributed by atoms with Crippen LogP contribution in [-0.2, 0) is 10.0 Å². The molecule has 0 bridgehead atoms. The zero-order chi connectivity index (χ0) is 22.6. The molecule has 0 aliphatic carbocycles. The topological polar surface area (TPSA) is 84.8 Å². The number of halogens is 1. The summed E-state index contributed by atoms with van der Waals surface area (Å²) in [6, 6.07) is 23.8. The van der Waals surface area contributed by atoms with Crippen LogP contribution < -0.4 is 9.57 Å². The van der Waals surface area contributed by atoms with Gasteiger partial charge in [-0.3, -0.25) is 0 Å². The standard InChI is InChI=1S/C24H17FN2O4S/c25-19-10-14-21(15-11-19)32(29,30)27-26-16-17-8-12-20(13-9-17)31-24(28)23-7-3-5-18-4-1-2-6-22(18)23/h1-16,27H/b26-16-. The Balaban J connectivity index is 1.42. The highest BCUT2D eigenvalue weighted by molar-refractivity contribution is 7.89. The Hall–Kier alpha value is -4.04. The molecule has 0 aromatic heterocycles. The second-order valence-electron chi connectivity index (χ2n) is 6.79. The SMILES string of the molecule is O=C(Oc1ccc(/C=N\NS(=O)(=O)c2ccc(F)cc2)cc1)c1cccc2ccccc12. The van der Waals surface area contributed by atoms with Gasteiger partial charge in [0.25, 0.3) is 10.0 Å². The monoisotopic (exact) mass is 448 g/mol. The number of benzene rings is 4. The molecule has 0 spiro atoms. The average Bonchev–Trinajstić information content (AvgIpc) is 2.80. The number of hydrogen-bond donors (Lipinski definition) is 1. The molecule has 4 aromatic carbocycles. The van der Waals surface area contributed by atoms with E-state index >= 15 is 0 Å². The molecule has 0 aliphatic heterocycles. The maximum Gasteiger partial charge on any atom is 0.344 e. The van der Waals surface area contributed by atoms with Crippen LogP contribution in [0.2, 0.25) is 0 Å². The van der Waals surface area contributed by atoms with Gasteiger partial charge >= 0.3 is 5.97 Å². The second-order valence-corrected chi connectivity index (χ2v) is 8.45. The molecular formula is C24H17FN2O4S. The molecule has 6 nitrogen and oxygen atoms in total. The largest absolute Gasteiger partial charge is 0.423 e. The number of fused-ring (bicyclic) bond motifs is 1. The van der Waals surface area contributed by atoms with Gasteiger partial charge in [-0.15, -0.1) is 0 Å². The summed E-state index contributed by atoms with van der Waals surface area (Å²) in [6.07, 6.45) is 1.30. The molecule has 0 heterocycles. The first-order chi connectivity index (χ1) is 15.4. The van der Waals surface area contributed by atoms with Crippen LogP contribution in [0.3, 0.4) is 0 Å². The summed E-state index contributed by atoms with van der Waals surface area (Å²) in [5, 5.41) is 5.46. The van der Waals surface area contributed by atoms with Gasteiger partial charge in [-0.25, -0.2) is 14.0 Å². The van der Waals surface area contributed by atoms with Crippen molar-refractivity contribution in [2.75, 3.05) is 0 Å². The number of carbonyl (C=O) groups excluding carboxylic acids is 1. The molecule has 0 saturated heterocycles. The molecule has 0 saturated carbocycles. The molecule has 0 amide bonds. The van der Waals surface area contributed by atoms with Crippen molar-refractivity contribution in [3.05, 3.63) is 108 Å². The minimum absolute atomic E-state index is 0.105. The minimum Gasteiger partial charge on any atom is -0.423 e. The van der Waals surface area contributed by atoms with Crippen LogP contribution in [0.5, 0.6) is 5.75 Å². The van der Waals surface area contributed by atoms with Crippen molar-refractivity contribution in [2.45, 2.75) is 4.90 Å². The van der Waals surface area contributed by atoms with Crippen LogP contribution >= 0.6 is 0 Å². The van der Waals surface area contributed by atoms with Gasteiger partial charge in [-0.1, -0.05) is 36.4 Å². The molecule has 0 aliphatic rings. The number of sulfonamides is 1. The fourth-order valence-electron chi connectivity index (χ4n) is 3.02. The van der Waals surface area contributed by atoms with Gasteiger partial charge in [0, 0.05) is 0 Å². The van der Waals surface area contributed by atoms with Crippen molar-refractivity contribution in [3.63, 3.8) is 0 Å². The maximum absolute atomic E-state index is 12.9. The molecule has 0 radical (unpaired) electrons. The Morgan fingerprint density at radius 3 is 2.31 bits per heavy atom. The van der Waals surface area contributed by atoms with Crippen LogP contribution in [0.4, 0.5) is 4.39 Å². The van der Waals surface area contributed by atoms with Gasteiger partial charge < -0.3 is 4.74 Å². The lowest BCUT2D eigenvalue weighted by atomic mass is 10.0. The molecule has 32 heavy (non-hydrogen) atoms. The first kappa shape index (κ1) is 21.2. The summed E-state index contributed by atoms with van der Waals surface area (Å²) < 4.78 is 42.7. The number of hydrazone groups is 1. The van der Waals surface area contributed by atoms with E-state index in [2.05, 4.69) is 9.93 Å². The first-order valence-electron chi connectivity index (χ1n) is 9.53. The molecule has 4 rings (SSSR count). The van der Waals surface area contributed by atoms with E-state index in [0.29, 0.717) is 16.9 Å². The number of carbonyl (C=O) groups is 1. The Morgan fingerprint density at radius 2 is 1.56 bits per heavy atom. The van der Waals surface area contributed by atoms with Crippen LogP contribution in [0.1, 0.15) is 15.9 Å². The molecular weight excluding hydrogens is 431 g/mol. The van der Waals surface area contributed by atoms with Gasteiger partial charge in [0.05, 0.1) is 16.7 Å². The van der Waals surface area contributed by atoms with Crippen LogP contribution in [0.15, 0.2) is 101 Å². The van der Waals surface area contributed by atoms with Crippen molar-refractivity contribution < 1.29 is 22.3 Å². The fourth-order valence-corrected chi connectivity index (χ4v) is 3.82. The van der Waals surface area contributed by atoms with Crippen LogP contribution in [0, 0.1) is 5.82 Å². The number of hydrogen-bond acceptors (Lipinski definition) is 5. The van der Waals surface area contributed by atoms with Crippen molar-refractivity contribution in [2.24, 2.45) is 5.10 Å². The molecule has 0 fully saturated rings. The maximum atomic E-state index is 12.9. The smallest absolute Gasteiger partial charge is 0.344 e. The number of nitrogens with one attached hydrogen (secondary N) is 1.